The lowest BCUT2D eigenvalue weighted by Crippen LogP contribution is -2.13. The number of aromatic amines is 1. The largest absolute Gasteiger partial charge is 0.358 e. The first-order valence-corrected chi connectivity index (χ1v) is 8.83. The average molecular weight is 343 g/mol. The quantitative estimate of drug-likeness (QED) is 0.681. The molecule has 2 aromatic carbocycles. The van der Waals surface area contributed by atoms with Gasteiger partial charge >= 0.3 is 0 Å². The second kappa shape index (κ2) is 5.77. The summed E-state index contributed by atoms with van der Waals surface area (Å²) >= 11 is 0. The van der Waals surface area contributed by atoms with E-state index < -0.39 is 10.0 Å². The Kier molecular flexibility index (Phi) is 3.90. The van der Waals surface area contributed by atoms with Crippen molar-refractivity contribution in [3.8, 4) is 0 Å². The Morgan fingerprint density at radius 3 is 2.38 bits per heavy atom. The number of hydrogen-bond acceptors (Lipinski definition) is 3. The number of anilines is 1. The molecule has 0 unspecified atom stereocenters. The van der Waals surface area contributed by atoms with Crippen LogP contribution in [0.1, 0.15) is 21.6 Å². The van der Waals surface area contributed by atoms with E-state index in [1.165, 1.54) is 24.3 Å². The number of amides is 1. The van der Waals surface area contributed by atoms with E-state index in [1.807, 2.05) is 26.0 Å². The molecule has 124 valence electrons. The molecule has 1 heterocycles. The van der Waals surface area contributed by atoms with Crippen molar-refractivity contribution in [1.29, 1.82) is 0 Å². The van der Waals surface area contributed by atoms with Gasteiger partial charge in [0.15, 0.2) is 0 Å². The maximum absolute atomic E-state index is 12.4. The maximum atomic E-state index is 12.4. The van der Waals surface area contributed by atoms with Crippen molar-refractivity contribution < 1.29 is 13.2 Å². The van der Waals surface area contributed by atoms with Gasteiger partial charge in [-0.25, -0.2) is 13.6 Å². The molecule has 3 rings (SSSR count). The fourth-order valence-electron chi connectivity index (χ4n) is 2.53. The van der Waals surface area contributed by atoms with Crippen LogP contribution in [-0.2, 0) is 10.0 Å². The third-order valence-corrected chi connectivity index (χ3v) is 4.94. The predicted octanol–water partition coefficient (Wildman–Crippen LogP) is 2.68. The number of rotatable bonds is 3. The molecule has 1 amide bonds. The van der Waals surface area contributed by atoms with Crippen molar-refractivity contribution in [2.24, 2.45) is 5.14 Å². The topological polar surface area (TPSA) is 105 Å². The van der Waals surface area contributed by atoms with Crippen molar-refractivity contribution in [2.45, 2.75) is 18.7 Å². The highest BCUT2D eigenvalue weighted by Crippen LogP contribution is 2.23. The Hall–Kier alpha value is -2.64. The summed E-state index contributed by atoms with van der Waals surface area (Å²) in [4.78, 5) is 15.7. The minimum atomic E-state index is -3.74. The summed E-state index contributed by atoms with van der Waals surface area (Å²) in [5.41, 5.74) is 4.19. The second-order valence-corrected chi connectivity index (χ2v) is 7.22. The van der Waals surface area contributed by atoms with Crippen molar-refractivity contribution in [1.82, 2.24) is 4.98 Å². The lowest BCUT2D eigenvalue weighted by Gasteiger charge is -2.06. The number of fused-ring (bicyclic) bond motifs is 1. The molecule has 0 saturated heterocycles. The highest BCUT2D eigenvalue weighted by molar-refractivity contribution is 7.89. The first-order chi connectivity index (χ1) is 11.3. The fourth-order valence-corrected chi connectivity index (χ4v) is 3.05. The predicted molar refractivity (Wildman–Crippen MR) is 93.5 cm³/mol. The van der Waals surface area contributed by atoms with Gasteiger partial charge in [-0.3, -0.25) is 4.79 Å². The zero-order valence-corrected chi connectivity index (χ0v) is 14.1. The van der Waals surface area contributed by atoms with Crippen LogP contribution in [0.2, 0.25) is 0 Å². The minimum absolute atomic E-state index is 0.000316. The van der Waals surface area contributed by atoms with E-state index in [0.29, 0.717) is 11.3 Å². The number of nitrogens with one attached hydrogen (secondary N) is 2. The van der Waals surface area contributed by atoms with E-state index in [2.05, 4.69) is 10.3 Å². The third kappa shape index (κ3) is 3.04. The number of carbonyl (C=O) groups is 1. The summed E-state index contributed by atoms with van der Waals surface area (Å²) in [7, 11) is -3.74. The zero-order chi connectivity index (χ0) is 17.5. The van der Waals surface area contributed by atoms with Gasteiger partial charge in [-0.1, -0.05) is 0 Å². The minimum Gasteiger partial charge on any atom is -0.358 e. The molecule has 0 radical (unpaired) electrons. The molecular weight excluding hydrogens is 326 g/mol. The van der Waals surface area contributed by atoms with Crippen LogP contribution in [0.3, 0.4) is 0 Å². The number of H-pyrrole nitrogens is 1. The molecule has 0 bridgehead atoms. The summed E-state index contributed by atoms with van der Waals surface area (Å²) in [6.45, 7) is 3.99. The zero-order valence-electron chi connectivity index (χ0n) is 13.3. The molecule has 7 heteroatoms. The Morgan fingerprint density at radius 1 is 1.08 bits per heavy atom. The molecule has 0 fully saturated rings. The van der Waals surface area contributed by atoms with Crippen LogP contribution in [0.15, 0.2) is 47.4 Å². The van der Waals surface area contributed by atoms with E-state index in [9.17, 15) is 13.2 Å². The lowest BCUT2D eigenvalue weighted by atomic mass is 10.1. The van der Waals surface area contributed by atoms with Crippen molar-refractivity contribution >= 4 is 32.5 Å². The van der Waals surface area contributed by atoms with Crippen LogP contribution in [0.5, 0.6) is 0 Å². The molecule has 4 N–H and O–H groups in total. The van der Waals surface area contributed by atoms with E-state index >= 15 is 0 Å². The number of benzene rings is 2. The summed E-state index contributed by atoms with van der Waals surface area (Å²) < 4.78 is 22.5. The fraction of sp³-hybridized carbons (Fsp3) is 0.118. The standard InChI is InChI=1S/C17H17N3O3S/c1-10-11(2)19-16-8-3-12(9-15(10)16)17(21)20-13-4-6-14(7-5-13)24(18,22)23/h3-9,19H,1-2H3,(H,20,21)(H2,18,22,23). The number of aryl methyl sites for hydroxylation is 2. The van der Waals surface area contributed by atoms with Gasteiger partial charge in [0.1, 0.15) is 0 Å². The van der Waals surface area contributed by atoms with Crippen LogP contribution in [0.4, 0.5) is 5.69 Å². The van der Waals surface area contributed by atoms with Gasteiger partial charge in [0.05, 0.1) is 4.90 Å². The molecule has 0 spiro atoms. The van der Waals surface area contributed by atoms with Gasteiger partial charge in [0.25, 0.3) is 5.91 Å². The Labute approximate surface area is 139 Å². The van der Waals surface area contributed by atoms with Gasteiger partial charge in [0, 0.05) is 27.8 Å². The summed E-state index contributed by atoms with van der Waals surface area (Å²) in [5, 5.41) is 8.80. The highest BCUT2D eigenvalue weighted by Gasteiger charge is 2.11. The maximum Gasteiger partial charge on any atom is 0.255 e. The van der Waals surface area contributed by atoms with E-state index in [4.69, 9.17) is 5.14 Å². The SMILES string of the molecule is Cc1[nH]c2ccc(C(=O)Nc3ccc(S(N)(=O)=O)cc3)cc2c1C. The summed E-state index contributed by atoms with van der Waals surface area (Å²) in [5.74, 6) is -0.265. The summed E-state index contributed by atoms with van der Waals surface area (Å²) in [6.07, 6.45) is 0. The number of sulfonamides is 1. The van der Waals surface area contributed by atoms with Crippen LogP contribution >= 0.6 is 0 Å². The number of aromatic nitrogens is 1. The monoisotopic (exact) mass is 343 g/mol. The first-order valence-electron chi connectivity index (χ1n) is 7.29. The van der Waals surface area contributed by atoms with Gasteiger partial charge < -0.3 is 10.3 Å². The normalized spacial score (nSPS) is 11.6. The van der Waals surface area contributed by atoms with Crippen LogP contribution < -0.4 is 10.5 Å². The van der Waals surface area contributed by atoms with E-state index in [-0.39, 0.29) is 10.8 Å². The molecule has 0 atom stereocenters. The molecule has 0 aliphatic carbocycles. The lowest BCUT2D eigenvalue weighted by molar-refractivity contribution is 0.102. The van der Waals surface area contributed by atoms with Gasteiger partial charge in [0.2, 0.25) is 10.0 Å². The van der Waals surface area contributed by atoms with Crippen molar-refractivity contribution in [3.63, 3.8) is 0 Å². The Bertz CT molecular complexity index is 1030. The Morgan fingerprint density at radius 2 is 1.75 bits per heavy atom. The molecule has 1 aromatic heterocycles. The highest BCUT2D eigenvalue weighted by atomic mass is 32.2. The number of nitrogens with two attached hydrogens (primary N) is 1. The van der Waals surface area contributed by atoms with Crippen LogP contribution in [0, 0.1) is 13.8 Å². The van der Waals surface area contributed by atoms with Gasteiger partial charge in [-0.15, -0.1) is 0 Å². The molecular formula is C17H17N3O3S. The number of carbonyl (C=O) groups excluding carboxylic acids is 1. The number of hydrogen-bond donors (Lipinski definition) is 3. The molecule has 0 aliphatic heterocycles. The van der Waals surface area contributed by atoms with Gasteiger partial charge in [-0.05, 0) is 61.9 Å². The second-order valence-electron chi connectivity index (χ2n) is 5.66. The average Bonchev–Trinajstić information content (AvgIpc) is 2.81. The van der Waals surface area contributed by atoms with Crippen molar-refractivity contribution in [3.05, 3.63) is 59.3 Å². The van der Waals surface area contributed by atoms with E-state index in [0.717, 1.165) is 22.2 Å². The first kappa shape index (κ1) is 16.2. The third-order valence-electron chi connectivity index (χ3n) is 4.01. The molecule has 0 saturated carbocycles. The molecule has 3 aromatic rings. The molecule has 6 nitrogen and oxygen atoms in total. The van der Waals surface area contributed by atoms with Crippen molar-refractivity contribution in [2.75, 3.05) is 5.32 Å². The van der Waals surface area contributed by atoms with Crippen LogP contribution in [-0.4, -0.2) is 19.3 Å². The van der Waals surface area contributed by atoms with Crippen LogP contribution in [0.25, 0.3) is 10.9 Å². The smallest absolute Gasteiger partial charge is 0.255 e. The van der Waals surface area contributed by atoms with Gasteiger partial charge in [-0.2, -0.15) is 0 Å². The van der Waals surface area contributed by atoms with E-state index in [1.54, 1.807) is 6.07 Å². The molecule has 24 heavy (non-hydrogen) atoms. The Balaban J connectivity index is 1.86. The summed E-state index contributed by atoms with van der Waals surface area (Å²) in [6, 6.07) is 11.2. The molecule has 0 aliphatic rings. The number of primary sulfonamides is 1.